The summed E-state index contributed by atoms with van der Waals surface area (Å²) in [5.74, 6) is 0. The second-order valence-corrected chi connectivity index (χ2v) is 3.92. The van der Waals surface area contributed by atoms with Crippen molar-refractivity contribution in [2.45, 2.75) is 18.9 Å². The Morgan fingerprint density at radius 3 is 2.87 bits per heavy atom. The van der Waals surface area contributed by atoms with Crippen LogP contribution in [0, 0.1) is 6.07 Å². The van der Waals surface area contributed by atoms with E-state index in [2.05, 4.69) is 6.07 Å². The first-order valence-corrected chi connectivity index (χ1v) is 5.14. The van der Waals surface area contributed by atoms with Crippen molar-refractivity contribution in [2.75, 3.05) is 12.0 Å². The topological polar surface area (TPSA) is 29.5 Å². The van der Waals surface area contributed by atoms with Crippen LogP contribution in [-0.2, 0) is 4.74 Å². The minimum Gasteiger partial charge on any atom is -0.452 e. The van der Waals surface area contributed by atoms with Gasteiger partial charge in [0.2, 0.25) is 0 Å². The number of nitrogens with zero attached hydrogens (tertiary/aromatic N) is 1. The lowest BCUT2D eigenvalue weighted by Gasteiger charge is -2.20. The summed E-state index contributed by atoms with van der Waals surface area (Å²) in [6.45, 7) is 0. The monoisotopic (exact) mass is 224 g/mol. The van der Waals surface area contributed by atoms with Crippen LogP contribution in [0.1, 0.15) is 12.8 Å². The number of amides is 1. The lowest BCUT2D eigenvalue weighted by atomic mass is 10.3. The Balaban J connectivity index is 2.27. The van der Waals surface area contributed by atoms with Crippen molar-refractivity contribution >= 4 is 23.4 Å². The SMILES string of the molecule is COC(=O)N(c1c[c]cc(Cl)c1)C1CC1. The number of hydrogen-bond donors (Lipinski definition) is 0. The van der Waals surface area contributed by atoms with Gasteiger partial charge in [0, 0.05) is 16.8 Å². The first-order valence-electron chi connectivity index (χ1n) is 4.76. The highest BCUT2D eigenvalue weighted by molar-refractivity contribution is 6.30. The van der Waals surface area contributed by atoms with Crippen LogP contribution >= 0.6 is 11.6 Å². The van der Waals surface area contributed by atoms with E-state index in [9.17, 15) is 4.79 Å². The van der Waals surface area contributed by atoms with Crippen LogP contribution in [0.2, 0.25) is 5.02 Å². The Morgan fingerprint density at radius 2 is 2.33 bits per heavy atom. The average Bonchev–Trinajstić information content (AvgIpc) is 3.02. The largest absolute Gasteiger partial charge is 0.452 e. The smallest absolute Gasteiger partial charge is 0.414 e. The highest BCUT2D eigenvalue weighted by atomic mass is 35.5. The second kappa shape index (κ2) is 4.11. The Morgan fingerprint density at radius 1 is 1.60 bits per heavy atom. The van der Waals surface area contributed by atoms with Gasteiger partial charge in [0.05, 0.1) is 7.11 Å². The summed E-state index contributed by atoms with van der Waals surface area (Å²) >= 11 is 5.85. The number of rotatable bonds is 2. The van der Waals surface area contributed by atoms with Gasteiger partial charge in [0.15, 0.2) is 0 Å². The molecule has 1 aliphatic rings. The van der Waals surface area contributed by atoms with Crippen LogP contribution in [0.3, 0.4) is 0 Å². The lowest BCUT2D eigenvalue weighted by molar-refractivity contribution is 0.178. The van der Waals surface area contributed by atoms with Gasteiger partial charge in [0.1, 0.15) is 0 Å². The van der Waals surface area contributed by atoms with Crippen molar-refractivity contribution in [3.05, 3.63) is 29.3 Å². The summed E-state index contributed by atoms with van der Waals surface area (Å²) in [7, 11) is 1.38. The Bertz CT molecular complexity index is 377. The Hall–Kier alpha value is -1.22. The summed E-state index contributed by atoms with van der Waals surface area (Å²) in [5.41, 5.74) is 0.747. The fourth-order valence-corrected chi connectivity index (χ4v) is 1.64. The van der Waals surface area contributed by atoms with Gasteiger partial charge < -0.3 is 4.74 Å². The van der Waals surface area contributed by atoms with Gasteiger partial charge in [-0.3, -0.25) is 4.90 Å². The molecule has 1 saturated carbocycles. The van der Waals surface area contributed by atoms with Gasteiger partial charge >= 0.3 is 6.09 Å². The minimum atomic E-state index is -0.340. The normalized spacial score (nSPS) is 14.8. The maximum absolute atomic E-state index is 11.6. The third kappa shape index (κ3) is 2.23. The number of carbonyl (C=O) groups excluding carboxylic acids is 1. The molecule has 3 nitrogen and oxygen atoms in total. The van der Waals surface area contributed by atoms with E-state index in [1.165, 1.54) is 7.11 Å². The first-order chi connectivity index (χ1) is 7.22. The van der Waals surface area contributed by atoms with Gasteiger partial charge in [-0.05, 0) is 37.1 Å². The van der Waals surface area contributed by atoms with Gasteiger partial charge in [0.25, 0.3) is 0 Å². The summed E-state index contributed by atoms with van der Waals surface area (Å²) in [5, 5.41) is 0.571. The molecule has 0 heterocycles. The molecule has 79 valence electrons. The fraction of sp³-hybridized carbons (Fsp3) is 0.364. The first kappa shape index (κ1) is 10.3. The van der Waals surface area contributed by atoms with E-state index in [4.69, 9.17) is 16.3 Å². The van der Waals surface area contributed by atoms with Crippen molar-refractivity contribution in [3.63, 3.8) is 0 Å². The molecule has 0 aromatic heterocycles. The van der Waals surface area contributed by atoms with E-state index >= 15 is 0 Å². The third-order valence-corrected chi connectivity index (χ3v) is 2.52. The summed E-state index contributed by atoms with van der Waals surface area (Å²) in [4.78, 5) is 13.2. The van der Waals surface area contributed by atoms with E-state index in [-0.39, 0.29) is 12.1 Å². The Kier molecular flexibility index (Phi) is 2.82. The molecule has 0 bridgehead atoms. The molecule has 1 aromatic carbocycles. The summed E-state index contributed by atoms with van der Waals surface area (Å²) in [6, 6.07) is 8.28. The molecule has 15 heavy (non-hydrogen) atoms. The maximum Gasteiger partial charge on any atom is 0.414 e. The highest BCUT2D eigenvalue weighted by Gasteiger charge is 2.34. The van der Waals surface area contributed by atoms with Crippen molar-refractivity contribution in [3.8, 4) is 0 Å². The maximum atomic E-state index is 11.6. The quantitative estimate of drug-likeness (QED) is 0.773. The number of hydrogen-bond acceptors (Lipinski definition) is 2. The minimum absolute atomic E-state index is 0.254. The van der Waals surface area contributed by atoms with E-state index in [1.807, 2.05) is 0 Å². The molecule has 0 unspecified atom stereocenters. The summed E-state index contributed by atoms with van der Waals surface area (Å²) in [6.07, 6.45) is 1.69. The van der Waals surface area contributed by atoms with E-state index in [0.29, 0.717) is 5.02 Å². The molecule has 1 radical (unpaired) electrons. The van der Waals surface area contributed by atoms with Gasteiger partial charge in [-0.2, -0.15) is 0 Å². The fourth-order valence-electron chi connectivity index (χ4n) is 1.47. The molecule has 0 saturated heterocycles. The van der Waals surface area contributed by atoms with E-state index in [1.54, 1.807) is 23.1 Å². The molecule has 1 amide bonds. The Labute approximate surface area is 93.6 Å². The predicted octanol–water partition coefficient (Wildman–Crippen LogP) is 2.88. The van der Waals surface area contributed by atoms with Gasteiger partial charge in [-0.25, -0.2) is 4.79 Å². The van der Waals surface area contributed by atoms with Crippen LogP contribution in [-0.4, -0.2) is 19.2 Å². The lowest BCUT2D eigenvalue weighted by Crippen LogP contribution is -2.32. The molecule has 0 spiro atoms. The van der Waals surface area contributed by atoms with Crippen LogP contribution in [0.25, 0.3) is 0 Å². The molecule has 0 aliphatic heterocycles. The van der Waals surface area contributed by atoms with E-state index < -0.39 is 0 Å². The van der Waals surface area contributed by atoms with Crippen molar-refractivity contribution in [2.24, 2.45) is 0 Å². The van der Waals surface area contributed by atoms with Crippen molar-refractivity contribution < 1.29 is 9.53 Å². The molecule has 1 fully saturated rings. The zero-order chi connectivity index (χ0) is 10.8. The molecule has 4 heteroatoms. The second-order valence-electron chi connectivity index (χ2n) is 3.48. The zero-order valence-electron chi connectivity index (χ0n) is 8.37. The molecular formula is C11H11ClNO2. The molecule has 1 aliphatic carbocycles. The van der Waals surface area contributed by atoms with Crippen molar-refractivity contribution in [1.82, 2.24) is 0 Å². The average molecular weight is 225 g/mol. The number of anilines is 1. The highest BCUT2D eigenvalue weighted by Crippen LogP contribution is 2.33. The molecular weight excluding hydrogens is 214 g/mol. The molecule has 2 rings (SSSR count). The van der Waals surface area contributed by atoms with Crippen LogP contribution in [0.15, 0.2) is 18.2 Å². The number of ether oxygens (including phenoxy) is 1. The van der Waals surface area contributed by atoms with Gasteiger partial charge in [-0.1, -0.05) is 11.6 Å². The number of methoxy groups -OCH3 is 1. The molecule has 0 N–H and O–H groups in total. The number of benzene rings is 1. The van der Waals surface area contributed by atoms with E-state index in [0.717, 1.165) is 18.5 Å². The predicted molar refractivity (Wildman–Crippen MR) is 58.2 cm³/mol. The molecule has 0 atom stereocenters. The van der Waals surface area contributed by atoms with Gasteiger partial charge in [-0.15, -0.1) is 0 Å². The standard InChI is InChI=1S/C11H11ClNO2/c1-15-11(14)13(9-5-6-9)10-4-2-3-8(12)7-10/h3-4,7,9H,5-6H2,1H3. The molecule has 1 aromatic rings. The van der Waals surface area contributed by atoms with Crippen LogP contribution in [0.5, 0.6) is 0 Å². The van der Waals surface area contributed by atoms with Crippen LogP contribution in [0.4, 0.5) is 10.5 Å². The van der Waals surface area contributed by atoms with Crippen LogP contribution < -0.4 is 4.90 Å². The number of halogens is 1. The number of carbonyl (C=O) groups is 1. The summed E-state index contributed by atoms with van der Waals surface area (Å²) < 4.78 is 4.74. The van der Waals surface area contributed by atoms with Crippen molar-refractivity contribution in [1.29, 1.82) is 0 Å². The third-order valence-electron chi connectivity index (χ3n) is 2.30. The zero-order valence-corrected chi connectivity index (χ0v) is 9.12.